The van der Waals surface area contributed by atoms with E-state index in [-0.39, 0.29) is 16.8 Å². The zero-order valence-corrected chi connectivity index (χ0v) is 12.3. The lowest BCUT2D eigenvalue weighted by atomic mass is 10.0. The molecule has 7 nitrogen and oxygen atoms in total. The topological polar surface area (TPSA) is 100 Å². The minimum Gasteiger partial charge on any atom is -0.317 e. The number of pyridine rings is 1. The van der Waals surface area contributed by atoms with Gasteiger partial charge in [0.25, 0.3) is 5.91 Å². The molecule has 1 aliphatic carbocycles. The Labute approximate surface area is 126 Å². The molecular formula is C13H13ClN4O3. The number of rotatable bonds is 4. The molecule has 1 aromatic heterocycles. The van der Waals surface area contributed by atoms with Crippen molar-refractivity contribution in [3.63, 3.8) is 0 Å². The molecule has 110 valence electrons. The predicted molar refractivity (Wildman–Crippen MR) is 74.8 cm³/mol. The third kappa shape index (κ3) is 2.81. The van der Waals surface area contributed by atoms with Gasteiger partial charge < -0.3 is 4.90 Å². The van der Waals surface area contributed by atoms with E-state index in [0.717, 1.165) is 12.8 Å². The Morgan fingerprint density at radius 3 is 2.71 bits per heavy atom. The number of hydrogen-bond acceptors (Lipinski definition) is 5. The Kier molecular flexibility index (Phi) is 3.83. The van der Waals surface area contributed by atoms with Crippen LogP contribution in [0.2, 0.25) is 5.15 Å². The molecular weight excluding hydrogens is 296 g/mol. The quantitative estimate of drug-likeness (QED) is 0.483. The van der Waals surface area contributed by atoms with E-state index in [4.69, 9.17) is 11.6 Å². The molecule has 1 aromatic rings. The summed E-state index contributed by atoms with van der Waals surface area (Å²) in [5.41, 5.74) is -1.72. The molecule has 1 aliphatic rings. The largest absolute Gasteiger partial charge is 0.319 e. The summed E-state index contributed by atoms with van der Waals surface area (Å²) in [6, 6.07) is 3.25. The van der Waals surface area contributed by atoms with Crippen LogP contribution in [0, 0.1) is 21.4 Å². The van der Waals surface area contributed by atoms with E-state index >= 15 is 0 Å². The number of nitrogens with zero attached hydrogens (tertiary/aromatic N) is 4. The van der Waals surface area contributed by atoms with Crippen LogP contribution in [-0.2, 0) is 0 Å². The van der Waals surface area contributed by atoms with Gasteiger partial charge in [0.05, 0.1) is 11.0 Å². The van der Waals surface area contributed by atoms with Crippen molar-refractivity contribution < 1.29 is 9.72 Å². The summed E-state index contributed by atoms with van der Waals surface area (Å²) in [7, 11) is 0. The van der Waals surface area contributed by atoms with E-state index in [0.29, 0.717) is 0 Å². The summed E-state index contributed by atoms with van der Waals surface area (Å²) in [4.78, 5) is 28.1. The van der Waals surface area contributed by atoms with Gasteiger partial charge in [0, 0.05) is 12.2 Å². The SMILES string of the molecule is CC(C)(C#N)N(C(=O)c1ccnc(Cl)c1[N+](=O)[O-])C1CC1. The Morgan fingerprint density at radius 1 is 1.62 bits per heavy atom. The molecule has 8 heteroatoms. The highest BCUT2D eigenvalue weighted by Gasteiger charge is 2.44. The van der Waals surface area contributed by atoms with Gasteiger partial charge in [-0.1, -0.05) is 11.6 Å². The Morgan fingerprint density at radius 2 is 2.24 bits per heavy atom. The lowest BCUT2D eigenvalue weighted by Crippen LogP contribution is -2.48. The van der Waals surface area contributed by atoms with E-state index in [1.807, 2.05) is 0 Å². The molecule has 0 bridgehead atoms. The van der Waals surface area contributed by atoms with E-state index in [1.54, 1.807) is 13.8 Å². The second kappa shape index (κ2) is 5.30. The zero-order valence-electron chi connectivity index (χ0n) is 11.5. The van der Waals surface area contributed by atoms with E-state index < -0.39 is 22.1 Å². The normalized spacial score (nSPS) is 14.4. The summed E-state index contributed by atoms with van der Waals surface area (Å²) in [6.45, 7) is 3.22. The van der Waals surface area contributed by atoms with Crippen LogP contribution < -0.4 is 0 Å². The lowest BCUT2D eigenvalue weighted by molar-refractivity contribution is -0.385. The molecule has 0 spiro atoms. The second-order valence-electron chi connectivity index (χ2n) is 5.33. The maximum atomic E-state index is 12.7. The third-order valence-electron chi connectivity index (χ3n) is 3.30. The molecule has 2 rings (SSSR count). The fraction of sp³-hybridized carbons (Fsp3) is 0.462. The minimum absolute atomic E-state index is 0.0707. The average molecular weight is 309 g/mol. The van der Waals surface area contributed by atoms with Crippen molar-refractivity contribution >= 4 is 23.2 Å². The van der Waals surface area contributed by atoms with Crippen LogP contribution in [0.1, 0.15) is 37.0 Å². The van der Waals surface area contributed by atoms with Gasteiger partial charge in [0.2, 0.25) is 5.15 Å². The first-order valence-corrected chi connectivity index (χ1v) is 6.71. The van der Waals surface area contributed by atoms with Crippen molar-refractivity contribution in [2.24, 2.45) is 0 Å². The second-order valence-corrected chi connectivity index (χ2v) is 5.69. The molecule has 0 N–H and O–H groups in total. The van der Waals surface area contributed by atoms with Gasteiger partial charge in [-0.2, -0.15) is 5.26 Å². The first-order chi connectivity index (χ1) is 9.79. The van der Waals surface area contributed by atoms with Gasteiger partial charge in [-0.3, -0.25) is 14.9 Å². The summed E-state index contributed by atoms with van der Waals surface area (Å²) in [5, 5.41) is 20.0. The van der Waals surface area contributed by atoms with Crippen molar-refractivity contribution in [2.75, 3.05) is 0 Å². The van der Waals surface area contributed by atoms with Crippen LogP contribution in [-0.4, -0.2) is 32.3 Å². The smallest absolute Gasteiger partial charge is 0.317 e. The molecule has 1 fully saturated rings. The molecule has 1 saturated carbocycles. The van der Waals surface area contributed by atoms with Gasteiger partial charge in [-0.05, 0) is 32.8 Å². The molecule has 0 unspecified atom stereocenters. The summed E-state index contributed by atoms with van der Waals surface area (Å²) >= 11 is 5.73. The lowest BCUT2D eigenvalue weighted by Gasteiger charge is -2.33. The van der Waals surface area contributed by atoms with E-state index in [2.05, 4.69) is 11.1 Å². The monoisotopic (exact) mass is 308 g/mol. The fourth-order valence-electron chi connectivity index (χ4n) is 2.17. The highest BCUT2D eigenvalue weighted by atomic mass is 35.5. The first kappa shape index (κ1) is 15.2. The number of nitro groups is 1. The first-order valence-electron chi connectivity index (χ1n) is 6.33. The number of hydrogen-bond donors (Lipinski definition) is 0. The molecule has 1 amide bonds. The van der Waals surface area contributed by atoms with Gasteiger partial charge >= 0.3 is 5.69 Å². The van der Waals surface area contributed by atoms with Gasteiger partial charge in [-0.25, -0.2) is 4.98 Å². The van der Waals surface area contributed by atoms with Crippen LogP contribution in [0.25, 0.3) is 0 Å². The van der Waals surface area contributed by atoms with Crippen molar-refractivity contribution in [3.05, 3.63) is 33.1 Å². The fourth-order valence-corrected chi connectivity index (χ4v) is 2.39. The zero-order chi connectivity index (χ0) is 15.8. The molecule has 21 heavy (non-hydrogen) atoms. The number of carbonyl (C=O) groups excluding carboxylic acids is 1. The summed E-state index contributed by atoms with van der Waals surface area (Å²) in [6.07, 6.45) is 2.81. The van der Waals surface area contributed by atoms with Crippen LogP contribution >= 0.6 is 11.6 Å². The Bertz CT molecular complexity index is 649. The highest BCUT2D eigenvalue weighted by Crippen LogP contribution is 2.36. The predicted octanol–water partition coefficient (Wildman–Crippen LogP) is 2.55. The highest BCUT2D eigenvalue weighted by molar-refractivity contribution is 6.32. The van der Waals surface area contributed by atoms with Crippen LogP contribution in [0.15, 0.2) is 12.3 Å². The summed E-state index contributed by atoms with van der Waals surface area (Å²) in [5.74, 6) is -0.569. The summed E-state index contributed by atoms with van der Waals surface area (Å²) < 4.78 is 0. The molecule has 1 heterocycles. The van der Waals surface area contributed by atoms with E-state index in [1.165, 1.54) is 17.2 Å². The molecule has 0 aromatic carbocycles. The van der Waals surface area contributed by atoms with Gasteiger partial charge in [-0.15, -0.1) is 0 Å². The van der Waals surface area contributed by atoms with Crippen LogP contribution in [0.5, 0.6) is 0 Å². The molecule has 0 saturated heterocycles. The minimum atomic E-state index is -1.05. The van der Waals surface area contributed by atoms with Gasteiger partial charge in [0.1, 0.15) is 11.1 Å². The van der Waals surface area contributed by atoms with Gasteiger partial charge in [0.15, 0.2) is 0 Å². The van der Waals surface area contributed by atoms with Crippen molar-refractivity contribution in [1.29, 1.82) is 5.26 Å². The number of nitriles is 1. The van der Waals surface area contributed by atoms with Crippen LogP contribution in [0.3, 0.4) is 0 Å². The van der Waals surface area contributed by atoms with E-state index in [9.17, 15) is 20.2 Å². The third-order valence-corrected chi connectivity index (χ3v) is 3.58. The number of amides is 1. The number of aromatic nitrogens is 1. The van der Waals surface area contributed by atoms with Crippen molar-refractivity contribution in [3.8, 4) is 6.07 Å². The van der Waals surface area contributed by atoms with Crippen LogP contribution in [0.4, 0.5) is 5.69 Å². The number of halogens is 1. The Hall–Kier alpha value is -2.20. The Balaban J connectivity index is 2.51. The average Bonchev–Trinajstić information content (AvgIpc) is 3.22. The van der Waals surface area contributed by atoms with Crippen molar-refractivity contribution in [2.45, 2.75) is 38.3 Å². The van der Waals surface area contributed by atoms with Crippen molar-refractivity contribution in [1.82, 2.24) is 9.88 Å². The standard InChI is InChI=1S/C13H13ClN4O3/c1-13(2,7-15)17(8-3-4-8)12(19)9-5-6-16-11(14)10(9)18(20)21/h5-6,8H,3-4H2,1-2H3. The number of carbonyl (C=O) groups is 1. The maximum Gasteiger partial charge on any atom is 0.319 e. The maximum absolute atomic E-state index is 12.7. The molecule has 0 aliphatic heterocycles. The molecule has 0 atom stereocenters. The molecule has 0 radical (unpaired) electrons.